The minimum absolute atomic E-state index is 0.209. The van der Waals surface area contributed by atoms with Crippen molar-refractivity contribution < 1.29 is 18.3 Å². The lowest BCUT2D eigenvalue weighted by Crippen LogP contribution is -2.10. The first-order chi connectivity index (χ1) is 8.40. The van der Waals surface area contributed by atoms with E-state index in [0.29, 0.717) is 11.5 Å². The first kappa shape index (κ1) is 13.1. The average Bonchev–Trinajstić information content (AvgIpc) is 3.11. The van der Waals surface area contributed by atoms with E-state index in [-0.39, 0.29) is 10.6 Å². The Morgan fingerprint density at radius 1 is 1.33 bits per heavy atom. The van der Waals surface area contributed by atoms with Crippen molar-refractivity contribution in [2.45, 2.75) is 30.6 Å². The van der Waals surface area contributed by atoms with Gasteiger partial charge < -0.3 is 5.11 Å². The van der Waals surface area contributed by atoms with Crippen molar-refractivity contribution in [3.8, 4) is 0 Å². The third-order valence-electron chi connectivity index (χ3n) is 3.26. The third-order valence-corrected chi connectivity index (χ3v) is 5.16. The van der Waals surface area contributed by atoms with Gasteiger partial charge in [-0.15, -0.1) is 0 Å². The van der Waals surface area contributed by atoms with Crippen LogP contribution in [-0.2, 0) is 14.6 Å². The zero-order chi connectivity index (χ0) is 13.3. The van der Waals surface area contributed by atoms with Gasteiger partial charge >= 0.3 is 5.97 Å². The van der Waals surface area contributed by atoms with E-state index in [4.69, 9.17) is 5.11 Å². The van der Waals surface area contributed by atoms with E-state index in [1.165, 1.54) is 12.1 Å². The molecule has 1 atom stereocenters. The second-order valence-corrected chi connectivity index (χ2v) is 6.89. The molecule has 1 aliphatic carbocycles. The van der Waals surface area contributed by atoms with Crippen LogP contribution in [0.1, 0.15) is 31.2 Å². The zero-order valence-electron chi connectivity index (χ0n) is 10.2. The van der Waals surface area contributed by atoms with Crippen LogP contribution in [0.3, 0.4) is 0 Å². The normalized spacial score (nSPS) is 17.4. The molecule has 0 bridgehead atoms. The largest absolute Gasteiger partial charge is 0.481 e. The van der Waals surface area contributed by atoms with Gasteiger partial charge in [-0.2, -0.15) is 0 Å². The topological polar surface area (TPSA) is 71.4 Å². The van der Waals surface area contributed by atoms with Gasteiger partial charge in [0.25, 0.3) is 0 Å². The van der Waals surface area contributed by atoms with Crippen LogP contribution in [0, 0.1) is 5.92 Å². The molecule has 0 heterocycles. The summed E-state index contributed by atoms with van der Waals surface area (Å²) in [6.45, 7) is 1.58. The standard InChI is InChI=1S/C13H16O4S/c1-9(13(14)15)11-4-6-12(7-5-11)18(16,17)8-10-2-3-10/h4-7,9-10H,2-3,8H2,1H3,(H,14,15). The summed E-state index contributed by atoms with van der Waals surface area (Å²) in [4.78, 5) is 11.1. The molecule has 0 spiro atoms. The van der Waals surface area contributed by atoms with Gasteiger partial charge in [-0.05, 0) is 43.4 Å². The number of hydrogen-bond donors (Lipinski definition) is 1. The van der Waals surface area contributed by atoms with Gasteiger partial charge in [-0.1, -0.05) is 12.1 Å². The second-order valence-electron chi connectivity index (χ2n) is 4.85. The number of carboxylic acids is 1. The van der Waals surface area contributed by atoms with Crippen LogP contribution in [0.25, 0.3) is 0 Å². The summed E-state index contributed by atoms with van der Waals surface area (Å²) in [5.74, 6) is -1.01. The van der Waals surface area contributed by atoms with E-state index in [2.05, 4.69) is 0 Å². The summed E-state index contributed by atoms with van der Waals surface area (Å²) in [7, 11) is -3.21. The lowest BCUT2D eigenvalue weighted by Gasteiger charge is -2.08. The molecule has 0 saturated heterocycles. The summed E-state index contributed by atoms with van der Waals surface area (Å²) < 4.78 is 24.0. The van der Waals surface area contributed by atoms with Crippen molar-refractivity contribution in [3.63, 3.8) is 0 Å². The molecule has 1 aliphatic rings. The molecule has 0 radical (unpaired) electrons. The van der Waals surface area contributed by atoms with Gasteiger partial charge in [-0.3, -0.25) is 4.79 Å². The lowest BCUT2D eigenvalue weighted by molar-refractivity contribution is -0.138. The molecule has 1 aromatic carbocycles. The monoisotopic (exact) mass is 268 g/mol. The predicted octanol–water partition coefficient (Wildman–Crippen LogP) is 2.06. The first-order valence-electron chi connectivity index (χ1n) is 5.95. The predicted molar refractivity (Wildman–Crippen MR) is 67.3 cm³/mol. The molecule has 1 unspecified atom stereocenters. The molecule has 4 nitrogen and oxygen atoms in total. The van der Waals surface area contributed by atoms with E-state index < -0.39 is 21.7 Å². The van der Waals surface area contributed by atoms with Crippen molar-refractivity contribution in [3.05, 3.63) is 29.8 Å². The highest BCUT2D eigenvalue weighted by Gasteiger charge is 2.29. The van der Waals surface area contributed by atoms with Gasteiger partial charge in [0.1, 0.15) is 0 Å². The van der Waals surface area contributed by atoms with Crippen LogP contribution >= 0.6 is 0 Å². The summed E-state index contributed by atoms with van der Waals surface area (Å²) in [6, 6.07) is 6.18. The molecule has 98 valence electrons. The van der Waals surface area contributed by atoms with Crippen LogP contribution < -0.4 is 0 Å². The molecule has 0 aromatic heterocycles. The number of carbonyl (C=O) groups is 1. The molecule has 2 rings (SSSR count). The molecule has 1 aromatic rings. The molecule has 18 heavy (non-hydrogen) atoms. The number of carboxylic acid groups (broad SMARTS) is 1. The van der Waals surface area contributed by atoms with Crippen LogP contribution in [-0.4, -0.2) is 25.2 Å². The van der Waals surface area contributed by atoms with Crippen LogP contribution in [0.2, 0.25) is 0 Å². The highest BCUT2D eigenvalue weighted by molar-refractivity contribution is 7.91. The molecule has 1 fully saturated rings. The minimum atomic E-state index is -3.21. The van der Waals surface area contributed by atoms with Crippen molar-refractivity contribution in [1.82, 2.24) is 0 Å². The van der Waals surface area contributed by atoms with Gasteiger partial charge in [-0.25, -0.2) is 8.42 Å². The van der Waals surface area contributed by atoms with Crippen LogP contribution in [0.5, 0.6) is 0 Å². The Bertz CT molecular complexity index is 541. The fourth-order valence-electron chi connectivity index (χ4n) is 1.80. The number of benzene rings is 1. The van der Waals surface area contributed by atoms with Gasteiger partial charge in [0.05, 0.1) is 16.6 Å². The Morgan fingerprint density at radius 2 is 1.89 bits per heavy atom. The highest BCUT2D eigenvalue weighted by Crippen LogP contribution is 2.32. The lowest BCUT2D eigenvalue weighted by atomic mass is 10.0. The van der Waals surface area contributed by atoms with Crippen molar-refractivity contribution in [2.75, 3.05) is 5.75 Å². The number of rotatable bonds is 5. The number of sulfone groups is 1. The van der Waals surface area contributed by atoms with Crippen molar-refractivity contribution in [2.24, 2.45) is 5.92 Å². The number of aliphatic carboxylic acids is 1. The maximum absolute atomic E-state index is 12.0. The zero-order valence-corrected chi connectivity index (χ0v) is 11.0. The molecule has 1 saturated carbocycles. The third kappa shape index (κ3) is 2.90. The SMILES string of the molecule is CC(C(=O)O)c1ccc(S(=O)(=O)CC2CC2)cc1. The Morgan fingerprint density at radius 3 is 2.33 bits per heavy atom. The van der Waals surface area contributed by atoms with Crippen molar-refractivity contribution >= 4 is 15.8 Å². The van der Waals surface area contributed by atoms with E-state index in [1.807, 2.05) is 0 Å². The Hall–Kier alpha value is -1.36. The highest BCUT2D eigenvalue weighted by atomic mass is 32.2. The Balaban J connectivity index is 2.18. The van der Waals surface area contributed by atoms with E-state index in [9.17, 15) is 13.2 Å². The molecule has 5 heteroatoms. The fraction of sp³-hybridized carbons (Fsp3) is 0.462. The summed E-state index contributed by atoms with van der Waals surface area (Å²) in [6.07, 6.45) is 1.99. The van der Waals surface area contributed by atoms with Crippen LogP contribution in [0.4, 0.5) is 0 Å². The van der Waals surface area contributed by atoms with E-state index in [1.54, 1.807) is 19.1 Å². The van der Waals surface area contributed by atoms with Crippen molar-refractivity contribution in [1.29, 1.82) is 0 Å². The fourth-order valence-corrected chi connectivity index (χ4v) is 3.49. The first-order valence-corrected chi connectivity index (χ1v) is 7.61. The summed E-state index contributed by atoms with van der Waals surface area (Å²) in [5, 5.41) is 8.87. The minimum Gasteiger partial charge on any atom is -0.481 e. The smallest absolute Gasteiger partial charge is 0.310 e. The molecule has 1 N–H and O–H groups in total. The summed E-state index contributed by atoms with van der Waals surface area (Å²) in [5.41, 5.74) is 0.618. The molecular weight excluding hydrogens is 252 g/mol. The number of hydrogen-bond acceptors (Lipinski definition) is 3. The van der Waals surface area contributed by atoms with Gasteiger partial charge in [0.15, 0.2) is 9.84 Å². The second kappa shape index (κ2) is 4.72. The van der Waals surface area contributed by atoms with E-state index >= 15 is 0 Å². The Kier molecular flexibility index (Phi) is 3.43. The maximum Gasteiger partial charge on any atom is 0.310 e. The molecular formula is C13H16O4S. The van der Waals surface area contributed by atoms with Crippen LogP contribution in [0.15, 0.2) is 29.2 Å². The van der Waals surface area contributed by atoms with Gasteiger partial charge in [0.2, 0.25) is 0 Å². The average molecular weight is 268 g/mol. The summed E-state index contributed by atoms with van der Waals surface area (Å²) >= 11 is 0. The van der Waals surface area contributed by atoms with E-state index in [0.717, 1.165) is 12.8 Å². The Labute approximate surface area is 107 Å². The molecule has 0 aliphatic heterocycles. The molecule has 0 amide bonds. The maximum atomic E-state index is 12.0. The quantitative estimate of drug-likeness (QED) is 0.887. The van der Waals surface area contributed by atoms with Gasteiger partial charge in [0, 0.05) is 0 Å².